The molecule has 1 unspecified atom stereocenters. The molecule has 1 aliphatic heterocycles. The average Bonchev–Trinajstić information content (AvgIpc) is 2.46. The van der Waals surface area contributed by atoms with Crippen LogP contribution in [0.25, 0.3) is 0 Å². The molecule has 4 heteroatoms. The van der Waals surface area contributed by atoms with E-state index >= 15 is 0 Å². The molecule has 0 amide bonds. The van der Waals surface area contributed by atoms with Crippen LogP contribution in [0.15, 0.2) is 35.3 Å². The van der Waals surface area contributed by atoms with Crippen molar-refractivity contribution in [3.63, 3.8) is 0 Å². The molecule has 1 aromatic rings. The minimum absolute atomic E-state index is 0.424. The molecular formula is C16H26N4. The van der Waals surface area contributed by atoms with Crippen molar-refractivity contribution in [1.29, 1.82) is 0 Å². The van der Waals surface area contributed by atoms with Crippen molar-refractivity contribution >= 4 is 5.96 Å². The van der Waals surface area contributed by atoms with Gasteiger partial charge in [-0.15, -0.1) is 0 Å². The lowest BCUT2D eigenvalue weighted by Gasteiger charge is -2.33. The van der Waals surface area contributed by atoms with Gasteiger partial charge in [0.2, 0.25) is 0 Å². The lowest BCUT2D eigenvalue weighted by atomic mass is 10.0. The molecule has 0 aliphatic carbocycles. The first-order valence-corrected chi connectivity index (χ1v) is 7.60. The number of nitrogens with one attached hydrogen (secondary N) is 1. The van der Waals surface area contributed by atoms with E-state index in [1.165, 1.54) is 24.9 Å². The van der Waals surface area contributed by atoms with Crippen LogP contribution in [0.5, 0.6) is 0 Å². The van der Waals surface area contributed by atoms with Crippen molar-refractivity contribution in [2.45, 2.75) is 38.8 Å². The number of hydrogen-bond donors (Lipinski definition) is 2. The average molecular weight is 274 g/mol. The Bertz CT molecular complexity index is 416. The van der Waals surface area contributed by atoms with E-state index in [2.05, 4.69) is 52.5 Å². The molecule has 0 spiro atoms. The van der Waals surface area contributed by atoms with Crippen LogP contribution < -0.4 is 11.1 Å². The number of likely N-dealkylation sites (tertiary alicyclic amines) is 1. The van der Waals surface area contributed by atoms with Crippen molar-refractivity contribution in [2.24, 2.45) is 10.7 Å². The SMILES string of the molecule is CCCN=C(N)NC1CCCN(Cc2ccccc2)C1. The molecular weight excluding hydrogens is 248 g/mol. The second-order valence-electron chi connectivity index (χ2n) is 5.47. The van der Waals surface area contributed by atoms with Crippen molar-refractivity contribution in [3.8, 4) is 0 Å². The number of nitrogens with two attached hydrogens (primary N) is 1. The number of benzene rings is 1. The van der Waals surface area contributed by atoms with E-state index < -0.39 is 0 Å². The van der Waals surface area contributed by atoms with Gasteiger partial charge in [-0.2, -0.15) is 0 Å². The summed E-state index contributed by atoms with van der Waals surface area (Å²) in [5.74, 6) is 0.596. The molecule has 1 aliphatic rings. The van der Waals surface area contributed by atoms with Crippen LogP contribution >= 0.6 is 0 Å². The Kier molecular flexibility index (Phi) is 5.87. The predicted molar refractivity (Wildman–Crippen MR) is 84.7 cm³/mol. The Hall–Kier alpha value is -1.55. The summed E-state index contributed by atoms with van der Waals surface area (Å²) in [5.41, 5.74) is 7.28. The zero-order chi connectivity index (χ0) is 14.2. The normalized spacial score (nSPS) is 20.9. The highest BCUT2D eigenvalue weighted by atomic mass is 15.2. The molecule has 1 fully saturated rings. The number of aliphatic imine (C=N–C) groups is 1. The van der Waals surface area contributed by atoms with Gasteiger partial charge in [-0.05, 0) is 31.4 Å². The van der Waals surface area contributed by atoms with Gasteiger partial charge >= 0.3 is 0 Å². The fraction of sp³-hybridized carbons (Fsp3) is 0.562. The van der Waals surface area contributed by atoms with E-state index in [0.717, 1.165) is 26.1 Å². The molecule has 1 atom stereocenters. The van der Waals surface area contributed by atoms with Gasteiger partial charge in [0.25, 0.3) is 0 Å². The van der Waals surface area contributed by atoms with E-state index in [9.17, 15) is 0 Å². The zero-order valence-corrected chi connectivity index (χ0v) is 12.4. The van der Waals surface area contributed by atoms with E-state index in [-0.39, 0.29) is 0 Å². The summed E-state index contributed by atoms with van der Waals surface area (Å²) in [6.45, 7) is 6.14. The Morgan fingerprint density at radius 3 is 2.95 bits per heavy atom. The Labute approximate surface area is 122 Å². The number of rotatable bonds is 5. The van der Waals surface area contributed by atoms with E-state index in [4.69, 9.17) is 5.73 Å². The number of guanidine groups is 1. The molecule has 110 valence electrons. The summed E-state index contributed by atoms with van der Waals surface area (Å²) < 4.78 is 0. The van der Waals surface area contributed by atoms with Gasteiger partial charge in [-0.1, -0.05) is 37.3 Å². The fourth-order valence-corrected chi connectivity index (χ4v) is 2.65. The van der Waals surface area contributed by atoms with Crippen molar-refractivity contribution in [3.05, 3.63) is 35.9 Å². The van der Waals surface area contributed by atoms with Crippen molar-refractivity contribution in [2.75, 3.05) is 19.6 Å². The summed E-state index contributed by atoms with van der Waals surface area (Å²) in [5, 5.41) is 3.36. The Morgan fingerprint density at radius 2 is 2.20 bits per heavy atom. The minimum atomic E-state index is 0.424. The van der Waals surface area contributed by atoms with Gasteiger partial charge in [0.15, 0.2) is 5.96 Å². The van der Waals surface area contributed by atoms with E-state index in [1.807, 2.05) is 0 Å². The van der Waals surface area contributed by atoms with E-state index in [0.29, 0.717) is 12.0 Å². The van der Waals surface area contributed by atoms with E-state index in [1.54, 1.807) is 0 Å². The molecule has 0 aromatic heterocycles. The topological polar surface area (TPSA) is 53.6 Å². The summed E-state index contributed by atoms with van der Waals surface area (Å²) in [6.07, 6.45) is 3.42. The lowest BCUT2D eigenvalue weighted by molar-refractivity contribution is 0.193. The van der Waals surface area contributed by atoms with Gasteiger partial charge in [-0.3, -0.25) is 9.89 Å². The Balaban J connectivity index is 1.82. The molecule has 2 rings (SSSR count). The molecule has 0 radical (unpaired) electrons. The van der Waals surface area contributed by atoms with Crippen LogP contribution in [0.1, 0.15) is 31.7 Å². The van der Waals surface area contributed by atoms with Crippen LogP contribution in [0.2, 0.25) is 0 Å². The summed E-state index contributed by atoms with van der Waals surface area (Å²) in [7, 11) is 0. The van der Waals surface area contributed by atoms with Crippen LogP contribution in [-0.2, 0) is 6.54 Å². The van der Waals surface area contributed by atoms with Crippen molar-refractivity contribution < 1.29 is 0 Å². The second kappa shape index (κ2) is 7.90. The quantitative estimate of drug-likeness (QED) is 0.637. The fourth-order valence-electron chi connectivity index (χ4n) is 2.65. The first-order chi connectivity index (χ1) is 9.78. The third-order valence-corrected chi connectivity index (χ3v) is 3.61. The number of piperidine rings is 1. The van der Waals surface area contributed by atoms with Gasteiger partial charge in [0.1, 0.15) is 0 Å². The van der Waals surface area contributed by atoms with Crippen LogP contribution in [0.4, 0.5) is 0 Å². The maximum atomic E-state index is 5.91. The third kappa shape index (κ3) is 4.85. The van der Waals surface area contributed by atoms with Crippen LogP contribution in [0.3, 0.4) is 0 Å². The molecule has 1 heterocycles. The first kappa shape index (κ1) is 14.9. The standard InChI is InChI=1S/C16H26N4/c1-2-10-18-16(17)19-15-9-6-11-20(13-15)12-14-7-4-3-5-8-14/h3-5,7-8,15H,2,6,9-13H2,1H3,(H3,17,18,19). The van der Waals surface area contributed by atoms with Gasteiger partial charge in [0.05, 0.1) is 0 Å². The Morgan fingerprint density at radius 1 is 1.40 bits per heavy atom. The predicted octanol–water partition coefficient (Wildman–Crippen LogP) is 1.97. The van der Waals surface area contributed by atoms with Crippen LogP contribution in [0, 0.1) is 0 Å². The second-order valence-corrected chi connectivity index (χ2v) is 5.47. The first-order valence-electron chi connectivity index (χ1n) is 7.60. The van der Waals surface area contributed by atoms with Gasteiger partial charge in [0, 0.05) is 25.7 Å². The third-order valence-electron chi connectivity index (χ3n) is 3.61. The largest absolute Gasteiger partial charge is 0.370 e. The molecule has 3 N–H and O–H groups in total. The molecule has 20 heavy (non-hydrogen) atoms. The highest BCUT2D eigenvalue weighted by Gasteiger charge is 2.20. The maximum absolute atomic E-state index is 5.91. The smallest absolute Gasteiger partial charge is 0.188 e. The summed E-state index contributed by atoms with van der Waals surface area (Å²) in [4.78, 5) is 6.80. The molecule has 0 bridgehead atoms. The lowest BCUT2D eigenvalue weighted by Crippen LogP contribution is -2.49. The molecule has 1 saturated heterocycles. The highest BCUT2D eigenvalue weighted by molar-refractivity contribution is 5.78. The highest BCUT2D eigenvalue weighted by Crippen LogP contribution is 2.13. The molecule has 0 saturated carbocycles. The summed E-state index contributed by atoms with van der Waals surface area (Å²) >= 11 is 0. The van der Waals surface area contributed by atoms with Gasteiger partial charge < -0.3 is 11.1 Å². The zero-order valence-electron chi connectivity index (χ0n) is 12.4. The van der Waals surface area contributed by atoms with Crippen LogP contribution in [-0.4, -0.2) is 36.5 Å². The summed E-state index contributed by atoms with van der Waals surface area (Å²) in [6, 6.07) is 11.1. The van der Waals surface area contributed by atoms with Gasteiger partial charge in [-0.25, -0.2) is 0 Å². The number of hydrogen-bond acceptors (Lipinski definition) is 2. The number of nitrogens with zero attached hydrogens (tertiary/aromatic N) is 2. The maximum Gasteiger partial charge on any atom is 0.188 e. The minimum Gasteiger partial charge on any atom is -0.370 e. The monoisotopic (exact) mass is 274 g/mol. The molecule has 4 nitrogen and oxygen atoms in total. The van der Waals surface area contributed by atoms with Crippen molar-refractivity contribution in [1.82, 2.24) is 10.2 Å². The molecule has 1 aromatic carbocycles.